The number of hydrogen-bond donors (Lipinski definition) is 6. The van der Waals surface area contributed by atoms with Crippen molar-refractivity contribution < 1.29 is 43.9 Å². The highest BCUT2D eigenvalue weighted by Gasteiger charge is 2.71. The zero-order valence-electron chi connectivity index (χ0n) is 39.5. The van der Waals surface area contributed by atoms with E-state index in [0.717, 1.165) is 59.5 Å². The normalized spacial score (nSPS) is 35.2. The number of nitrogens with zero attached hydrogens (tertiary/aromatic N) is 3. The van der Waals surface area contributed by atoms with Gasteiger partial charge < -0.3 is 50.5 Å². The van der Waals surface area contributed by atoms with Crippen molar-refractivity contribution in [2.24, 2.45) is 28.9 Å². The molecule has 66 heavy (non-hydrogen) atoms. The fourth-order valence-corrected chi connectivity index (χ4v) is 13.9. The molecule has 2 bridgehead atoms. The predicted octanol–water partition coefficient (Wildman–Crippen LogP) is 3.18. The van der Waals surface area contributed by atoms with Crippen LogP contribution >= 0.6 is 0 Å². The minimum atomic E-state index is -2.28. The fraction of sp³-hybridized carbons (Fsp3) is 0.627. The number of aliphatic hydroxyl groups excluding tert-OH is 1. The molecule has 15 nitrogen and oxygen atoms in total. The Kier molecular flexibility index (Phi) is 12.4. The van der Waals surface area contributed by atoms with Gasteiger partial charge in [-0.2, -0.15) is 0 Å². The first-order chi connectivity index (χ1) is 31.6. The van der Waals surface area contributed by atoms with Gasteiger partial charge in [0, 0.05) is 91.1 Å². The third-order valence-electron chi connectivity index (χ3n) is 16.9. The Morgan fingerprint density at radius 2 is 1.85 bits per heavy atom. The maximum absolute atomic E-state index is 15.3. The number of piperidine rings is 2. The predicted molar refractivity (Wildman–Crippen MR) is 250 cm³/mol. The van der Waals surface area contributed by atoms with E-state index in [0.29, 0.717) is 62.9 Å². The fourth-order valence-electron chi connectivity index (χ4n) is 13.9. The number of hydrogen-bond acceptors (Lipinski definition) is 13. The Balaban J connectivity index is 1.21. The number of amides is 1. The minimum Gasteiger partial charge on any atom is -0.496 e. The number of nitrogens with one attached hydrogen (secondary N) is 2. The molecular weight excluding hydrogens is 841 g/mol. The lowest BCUT2D eigenvalue weighted by molar-refractivity contribution is -0.220. The van der Waals surface area contributed by atoms with Gasteiger partial charge in [-0.15, -0.1) is 0 Å². The monoisotopic (exact) mass is 911 g/mol. The van der Waals surface area contributed by atoms with Gasteiger partial charge in [-0.3, -0.25) is 24.2 Å². The van der Waals surface area contributed by atoms with Crippen molar-refractivity contribution in [3.8, 4) is 5.75 Å². The van der Waals surface area contributed by atoms with E-state index in [9.17, 15) is 24.9 Å². The number of likely N-dealkylation sites (N-methyl/N-ethyl adjacent to an activating group) is 1. The second-order valence-electron chi connectivity index (χ2n) is 20.4. The van der Waals surface area contributed by atoms with Crippen molar-refractivity contribution in [1.29, 1.82) is 0 Å². The average molecular weight is 911 g/mol. The lowest BCUT2D eigenvalue weighted by Gasteiger charge is -2.66. The molecule has 9 rings (SSSR count). The Hall–Kier alpha value is -4.51. The number of aliphatic hydroxyl groups is 3. The Morgan fingerprint density at radius 1 is 1.06 bits per heavy atom. The van der Waals surface area contributed by atoms with Gasteiger partial charge in [0.05, 0.1) is 32.5 Å². The summed E-state index contributed by atoms with van der Waals surface area (Å²) in [4.78, 5) is 52.7. The number of nitrogens with two attached hydrogens (primary N) is 1. The summed E-state index contributed by atoms with van der Waals surface area (Å²) in [5.41, 5.74) is 5.25. The number of carbonyl (C=O) groups excluding carboxylic acids is 3. The zero-order chi connectivity index (χ0) is 46.9. The van der Waals surface area contributed by atoms with Crippen LogP contribution in [0.2, 0.25) is 0 Å². The van der Waals surface area contributed by atoms with Gasteiger partial charge in [-0.25, -0.2) is 0 Å². The van der Waals surface area contributed by atoms with E-state index in [1.165, 1.54) is 7.11 Å². The van der Waals surface area contributed by atoms with E-state index in [-0.39, 0.29) is 43.4 Å². The molecule has 1 aliphatic carbocycles. The Bertz CT molecular complexity index is 2390. The van der Waals surface area contributed by atoms with Gasteiger partial charge >= 0.3 is 11.9 Å². The summed E-state index contributed by atoms with van der Waals surface area (Å²) in [5.74, 6) is -1.55. The van der Waals surface area contributed by atoms with Crippen LogP contribution in [0.3, 0.4) is 0 Å². The lowest BCUT2D eigenvalue weighted by atomic mass is 9.49. The quantitative estimate of drug-likeness (QED) is 0.0932. The first kappa shape index (κ1) is 46.6. The molecule has 6 heterocycles. The van der Waals surface area contributed by atoms with Crippen LogP contribution in [0.5, 0.6) is 5.75 Å². The number of fused-ring (bicyclic) bond motifs is 6. The third kappa shape index (κ3) is 7.17. The molecule has 1 saturated carbocycles. The average Bonchev–Trinajstić information content (AvgIpc) is 3.65. The number of para-hydroxylation sites is 1. The molecule has 5 aliphatic heterocycles. The van der Waals surface area contributed by atoms with Gasteiger partial charge in [0.2, 0.25) is 0 Å². The summed E-state index contributed by atoms with van der Waals surface area (Å²) in [6.45, 7) is 9.22. The van der Waals surface area contributed by atoms with Crippen LogP contribution in [-0.4, -0.2) is 151 Å². The number of ether oxygens (including phenoxy) is 3. The Morgan fingerprint density at radius 3 is 2.58 bits per heavy atom. The van der Waals surface area contributed by atoms with Crippen molar-refractivity contribution in [3.05, 3.63) is 70.9 Å². The standard InChI is InChI=1S/C51H70N6O9/c1-7-48(62)26-31-27-50(47(61)65-6,41-35(16-20-56(28-31)29-48)34-13-9-10-14-37(34)54-41)36-24-33-23-32-15-21-57-19-11-17-49(8-2)42(57)40(32)43(55(4)38(33)25-39(36)64-5)51(63,45(49)59)46(60)53-18-12-22-66-44(58)30(3)52/h9-11,13-14,17,24-25,30-32,40,42-43,45,54,59,62-63H,7-8,12,15-16,18-23,26-29,52H2,1-6H3,(H,53,60). The number of benzene rings is 2. The maximum Gasteiger partial charge on any atom is 0.322 e. The van der Waals surface area contributed by atoms with E-state index in [4.69, 9.17) is 19.9 Å². The highest BCUT2D eigenvalue weighted by Crippen LogP contribution is 2.60. The number of H-pyrrole nitrogens is 1. The van der Waals surface area contributed by atoms with Crippen molar-refractivity contribution in [2.45, 2.75) is 113 Å². The molecule has 2 saturated heterocycles. The van der Waals surface area contributed by atoms with E-state index in [1.54, 1.807) is 14.0 Å². The molecule has 6 aliphatic rings. The summed E-state index contributed by atoms with van der Waals surface area (Å²) < 4.78 is 17.6. The molecule has 3 aromatic rings. The van der Waals surface area contributed by atoms with Crippen LogP contribution in [0.4, 0.5) is 5.69 Å². The van der Waals surface area contributed by atoms with Crippen LogP contribution in [0, 0.1) is 23.2 Å². The van der Waals surface area contributed by atoms with Crippen molar-refractivity contribution >= 4 is 34.4 Å². The largest absolute Gasteiger partial charge is 0.496 e. The van der Waals surface area contributed by atoms with Crippen LogP contribution in [0.15, 0.2) is 48.6 Å². The van der Waals surface area contributed by atoms with E-state index < -0.39 is 58.1 Å². The molecule has 1 aromatic heterocycles. The first-order valence-corrected chi connectivity index (χ1v) is 24.2. The molecule has 12 atom stereocenters. The molecule has 7 N–H and O–H groups in total. The topological polar surface area (TPSA) is 203 Å². The van der Waals surface area contributed by atoms with Gasteiger partial charge in [-0.1, -0.05) is 44.2 Å². The van der Waals surface area contributed by atoms with Crippen LogP contribution in [0.25, 0.3) is 10.9 Å². The summed E-state index contributed by atoms with van der Waals surface area (Å²) in [6.07, 6.45) is 6.94. The highest BCUT2D eigenvalue weighted by atomic mass is 16.5. The Labute approximate surface area is 388 Å². The van der Waals surface area contributed by atoms with E-state index in [1.807, 2.05) is 56.1 Å². The van der Waals surface area contributed by atoms with Crippen LogP contribution in [-0.2, 0) is 42.1 Å². The van der Waals surface area contributed by atoms with Gasteiger partial charge in [0.25, 0.3) is 5.91 Å². The number of aromatic nitrogens is 1. The molecule has 0 radical (unpaired) electrons. The minimum absolute atomic E-state index is 0.0205. The van der Waals surface area contributed by atoms with Crippen LogP contribution in [0.1, 0.15) is 81.7 Å². The van der Waals surface area contributed by atoms with E-state index >= 15 is 4.79 Å². The molecule has 3 fully saturated rings. The third-order valence-corrected chi connectivity index (χ3v) is 16.9. The van der Waals surface area contributed by atoms with Crippen molar-refractivity contribution in [3.63, 3.8) is 0 Å². The SMILES string of the molecule is CCC1(O)CC2CN(CCc3c([nH]c4ccccc34)C(C(=O)OC)(c3cc4c(cc3OC)N(C)C3C5C(CCN6CC=CC(CC)(C56)C(O)C3(O)C(=O)NCCCOC(=O)C(C)N)C4)C2)C1. The number of carbonyl (C=O) groups is 3. The molecule has 358 valence electrons. The molecule has 2 aromatic carbocycles. The number of anilines is 1. The molecular formula is C51H70N6O9. The zero-order valence-corrected chi connectivity index (χ0v) is 39.5. The maximum atomic E-state index is 15.3. The van der Waals surface area contributed by atoms with Gasteiger partial charge in [0.15, 0.2) is 5.60 Å². The molecule has 1 amide bonds. The highest BCUT2D eigenvalue weighted by molar-refractivity contribution is 5.94. The molecule has 0 spiro atoms. The second-order valence-corrected chi connectivity index (χ2v) is 20.4. The smallest absolute Gasteiger partial charge is 0.322 e. The molecule has 15 heteroatoms. The van der Waals surface area contributed by atoms with E-state index in [2.05, 4.69) is 38.3 Å². The number of methoxy groups -OCH3 is 2. The summed E-state index contributed by atoms with van der Waals surface area (Å²) in [5, 5.41) is 42.1. The first-order valence-electron chi connectivity index (χ1n) is 24.2. The van der Waals surface area contributed by atoms with Crippen molar-refractivity contribution in [2.75, 3.05) is 72.0 Å². The molecule has 12 unspecified atom stereocenters. The van der Waals surface area contributed by atoms with Gasteiger partial charge in [0.1, 0.15) is 23.3 Å². The summed E-state index contributed by atoms with van der Waals surface area (Å²) in [6, 6.07) is 10.4. The van der Waals surface area contributed by atoms with Gasteiger partial charge in [-0.05, 0) is 99.9 Å². The number of aromatic amines is 1. The van der Waals surface area contributed by atoms with Crippen molar-refractivity contribution in [1.82, 2.24) is 20.1 Å². The second kappa shape index (κ2) is 17.5. The lowest BCUT2D eigenvalue weighted by Crippen LogP contribution is -2.82. The number of rotatable bonds is 11. The number of esters is 2. The summed E-state index contributed by atoms with van der Waals surface area (Å²) in [7, 11) is 4.95. The van der Waals surface area contributed by atoms with Crippen LogP contribution < -0.4 is 20.7 Å². The summed E-state index contributed by atoms with van der Waals surface area (Å²) >= 11 is 0.